The molecule has 1 saturated heterocycles. The molecule has 0 spiro atoms. The summed E-state index contributed by atoms with van der Waals surface area (Å²) in [7, 11) is 0. The molecule has 2 heterocycles. The number of nitrogens with zero attached hydrogens (tertiary/aromatic N) is 2. The van der Waals surface area contributed by atoms with Gasteiger partial charge in [0.15, 0.2) is 0 Å². The first kappa shape index (κ1) is 14.8. The van der Waals surface area contributed by atoms with Crippen LogP contribution in [0.2, 0.25) is 0 Å². The predicted octanol–water partition coefficient (Wildman–Crippen LogP) is 2.34. The number of nitrogens with one attached hydrogen (secondary N) is 1. The van der Waals surface area contributed by atoms with Gasteiger partial charge >= 0.3 is 0 Å². The van der Waals surface area contributed by atoms with E-state index in [1.54, 1.807) is 0 Å². The molecule has 1 aliphatic heterocycles. The van der Waals surface area contributed by atoms with Crippen LogP contribution >= 0.6 is 0 Å². The van der Waals surface area contributed by atoms with Gasteiger partial charge in [-0.25, -0.2) is 4.98 Å². The lowest BCUT2D eigenvalue weighted by atomic mass is 9.88. The normalized spacial score (nSPS) is 23.4. The molecule has 0 aromatic carbocycles. The highest BCUT2D eigenvalue weighted by Gasteiger charge is 2.27. The Hall–Kier alpha value is -1.13. The Kier molecular flexibility index (Phi) is 4.18. The van der Waals surface area contributed by atoms with Gasteiger partial charge in [-0.05, 0) is 29.9 Å². The number of aromatic nitrogens is 1. The summed E-state index contributed by atoms with van der Waals surface area (Å²) in [5.41, 5.74) is 1.44. The molecule has 1 saturated carbocycles. The Morgan fingerprint density at radius 3 is 2.76 bits per heavy atom. The summed E-state index contributed by atoms with van der Waals surface area (Å²) in [6.07, 6.45) is 4.67. The SMILES string of the molecule is CC(C)(C)c1ccc(N2CCOCC2CNC2CC2)nc1. The fourth-order valence-electron chi connectivity index (χ4n) is 2.72. The highest BCUT2D eigenvalue weighted by molar-refractivity contribution is 5.42. The van der Waals surface area contributed by atoms with Crippen molar-refractivity contribution in [2.75, 3.05) is 31.2 Å². The van der Waals surface area contributed by atoms with Crippen LogP contribution in [0.25, 0.3) is 0 Å². The first-order valence-corrected chi connectivity index (χ1v) is 8.08. The van der Waals surface area contributed by atoms with Crippen molar-refractivity contribution in [1.29, 1.82) is 0 Å². The van der Waals surface area contributed by atoms with Gasteiger partial charge in [0.05, 0.1) is 19.3 Å². The van der Waals surface area contributed by atoms with Crippen LogP contribution in [0.15, 0.2) is 18.3 Å². The van der Waals surface area contributed by atoms with Crippen LogP contribution in [0.5, 0.6) is 0 Å². The van der Waals surface area contributed by atoms with E-state index in [9.17, 15) is 0 Å². The molecule has 4 heteroatoms. The summed E-state index contributed by atoms with van der Waals surface area (Å²) in [4.78, 5) is 7.10. The Morgan fingerprint density at radius 2 is 2.14 bits per heavy atom. The molecule has 1 aliphatic carbocycles. The van der Waals surface area contributed by atoms with Crippen molar-refractivity contribution in [3.63, 3.8) is 0 Å². The molecule has 0 bridgehead atoms. The molecule has 1 N–H and O–H groups in total. The molecule has 1 aromatic heterocycles. The lowest BCUT2D eigenvalue weighted by Crippen LogP contribution is -2.51. The van der Waals surface area contributed by atoms with Crippen molar-refractivity contribution in [2.45, 2.75) is 51.1 Å². The average Bonchev–Trinajstić information content (AvgIpc) is 3.29. The quantitative estimate of drug-likeness (QED) is 0.923. The Labute approximate surface area is 127 Å². The number of hydrogen-bond donors (Lipinski definition) is 1. The maximum absolute atomic E-state index is 5.66. The van der Waals surface area contributed by atoms with Crippen LogP contribution in [0.4, 0.5) is 5.82 Å². The number of ether oxygens (including phenoxy) is 1. The molecule has 3 rings (SSSR count). The zero-order valence-electron chi connectivity index (χ0n) is 13.4. The molecule has 4 nitrogen and oxygen atoms in total. The Morgan fingerprint density at radius 1 is 1.33 bits per heavy atom. The van der Waals surface area contributed by atoms with Crippen LogP contribution < -0.4 is 10.2 Å². The maximum atomic E-state index is 5.66. The molecule has 116 valence electrons. The lowest BCUT2D eigenvalue weighted by molar-refractivity contribution is 0.0932. The van der Waals surface area contributed by atoms with Crippen LogP contribution in [-0.4, -0.2) is 43.4 Å². The molecule has 0 radical (unpaired) electrons. The number of anilines is 1. The summed E-state index contributed by atoms with van der Waals surface area (Å²) < 4.78 is 5.66. The summed E-state index contributed by atoms with van der Waals surface area (Å²) >= 11 is 0. The zero-order valence-corrected chi connectivity index (χ0v) is 13.4. The van der Waals surface area contributed by atoms with E-state index < -0.39 is 0 Å². The fourth-order valence-corrected chi connectivity index (χ4v) is 2.72. The average molecular weight is 289 g/mol. The minimum atomic E-state index is 0.156. The summed E-state index contributed by atoms with van der Waals surface area (Å²) in [6.45, 7) is 10.2. The second-order valence-electron chi connectivity index (χ2n) is 7.26. The third-order valence-corrected chi connectivity index (χ3v) is 4.36. The summed E-state index contributed by atoms with van der Waals surface area (Å²) in [6, 6.07) is 5.51. The first-order valence-electron chi connectivity index (χ1n) is 8.08. The van der Waals surface area contributed by atoms with Crippen molar-refractivity contribution in [2.24, 2.45) is 0 Å². The van der Waals surface area contributed by atoms with E-state index in [2.05, 4.69) is 43.1 Å². The van der Waals surface area contributed by atoms with Gasteiger partial charge in [0, 0.05) is 25.3 Å². The first-order chi connectivity index (χ1) is 10.0. The second-order valence-corrected chi connectivity index (χ2v) is 7.26. The molecular weight excluding hydrogens is 262 g/mol. The van der Waals surface area contributed by atoms with Crippen molar-refractivity contribution < 1.29 is 4.74 Å². The smallest absolute Gasteiger partial charge is 0.128 e. The monoisotopic (exact) mass is 289 g/mol. The molecular formula is C17H27N3O. The maximum Gasteiger partial charge on any atom is 0.128 e. The van der Waals surface area contributed by atoms with Crippen LogP contribution in [-0.2, 0) is 10.2 Å². The summed E-state index contributed by atoms with van der Waals surface area (Å²) in [5.74, 6) is 1.08. The van der Waals surface area contributed by atoms with Crippen molar-refractivity contribution in [3.8, 4) is 0 Å². The number of pyridine rings is 1. The van der Waals surface area contributed by atoms with Crippen LogP contribution in [0, 0.1) is 0 Å². The van der Waals surface area contributed by atoms with E-state index >= 15 is 0 Å². The zero-order chi connectivity index (χ0) is 14.9. The van der Waals surface area contributed by atoms with Gasteiger partial charge in [0.25, 0.3) is 0 Å². The van der Waals surface area contributed by atoms with Gasteiger partial charge < -0.3 is 15.0 Å². The third-order valence-electron chi connectivity index (χ3n) is 4.36. The van der Waals surface area contributed by atoms with E-state index in [4.69, 9.17) is 9.72 Å². The van der Waals surface area contributed by atoms with E-state index in [1.807, 2.05) is 6.20 Å². The molecule has 21 heavy (non-hydrogen) atoms. The van der Waals surface area contributed by atoms with Gasteiger partial charge in [-0.3, -0.25) is 0 Å². The van der Waals surface area contributed by atoms with Crippen LogP contribution in [0.3, 0.4) is 0 Å². The third kappa shape index (κ3) is 3.74. The summed E-state index contributed by atoms with van der Waals surface area (Å²) in [5, 5.41) is 3.61. The van der Waals surface area contributed by atoms with Crippen molar-refractivity contribution in [3.05, 3.63) is 23.9 Å². The van der Waals surface area contributed by atoms with Crippen molar-refractivity contribution >= 4 is 5.82 Å². The highest BCUT2D eigenvalue weighted by Crippen LogP contribution is 2.25. The number of rotatable bonds is 4. The van der Waals surface area contributed by atoms with Crippen LogP contribution in [0.1, 0.15) is 39.2 Å². The van der Waals surface area contributed by atoms with E-state index in [1.165, 1.54) is 18.4 Å². The molecule has 1 aromatic rings. The van der Waals surface area contributed by atoms with Gasteiger partial charge in [0.1, 0.15) is 5.82 Å². The van der Waals surface area contributed by atoms with E-state index in [0.29, 0.717) is 6.04 Å². The minimum Gasteiger partial charge on any atom is -0.377 e. The largest absolute Gasteiger partial charge is 0.377 e. The van der Waals surface area contributed by atoms with Gasteiger partial charge in [-0.15, -0.1) is 0 Å². The van der Waals surface area contributed by atoms with Gasteiger partial charge in [-0.2, -0.15) is 0 Å². The molecule has 1 unspecified atom stereocenters. The molecule has 1 atom stereocenters. The molecule has 0 amide bonds. The van der Waals surface area contributed by atoms with Gasteiger partial charge in [-0.1, -0.05) is 26.8 Å². The Balaban J connectivity index is 1.69. The molecule has 2 fully saturated rings. The topological polar surface area (TPSA) is 37.4 Å². The van der Waals surface area contributed by atoms with Crippen molar-refractivity contribution in [1.82, 2.24) is 10.3 Å². The predicted molar refractivity (Wildman–Crippen MR) is 85.9 cm³/mol. The standard InChI is InChI=1S/C17H27N3O/c1-17(2,3)13-4-7-16(19-10-13)20-8-9-21-12-15(20)11-18-14-5-6-14/h4,7,10,14-15,18H,5-6,8-9,11-12H2,1-3H3. The van der Waals surface area contributed by atoms with E-state index in [-0.39, 0.29) is 5.41 Å². The number of morpholine rings is 1. The van der Waals surface area contributed by atoms with E-state index in [0.717, 1.165) is 38.2 Å². The second kappa shape index (κ2) is 5.93. The Bertz CT molecular complexity index is 462. The molecule has 2 aliphatic rings. The highest BCUT2D eigenvalue weighted by atomic mass is 16.5. The van der Waals surface area contributed by atoms with Gasteiger partial charge in [0.2, 0.25) is 0 Å². The number of hydrogen-bond acceptors (Lipinski definition) is 4. The lowest BCUT2D eigenvalue weighted by Gasteiger charge is -2.37. The minimum absolute atomic E-state index is 0.156. The fraction of sp³-hybridized carbons (Fsp3) is 0.706.